The van der Waals surface area contributed by atoms with Gasteiger partial charge in [-0.05, 0) is 0 Å². The number of nitrogens with one attached hydrogen (secondary N) is 2. The van der Waals surface area contributed by atoms with E-state index in [9.17, 15) is 14.4 Å². The molecule has 0 aromatic heterocycles. The quantitative estimate of drug-likeness (QED) is 0.265. The van der Waals surface area contributed by atoms with Gasteiger partial charge in [0.2, 0.25) is 11.8 Å². The van der Waals surface area contributed by atoms with Crippen molar-refractivity contribution in [2.75, 3.05) is 5.75 Å². The van der Waals surface area contributed by atoms with E-state index in [4.69, 9.17) is 10.5 Å². The molecule has 7 nitrogen and oxygen atoms in total. The van der Waals surface area contributed by atoms with Crippen molar-refractivity contribution in [1.82, 2.24) is 10.6 Å². The maximum atomic E-state index is 11.2. The zero-order chi connectivity index (χ0) is 12.7. The number of amides is 2. The van der Waals surface area contributed by atoms with Crippen molar-refractivity contribution in [2.24, 2.45) is 5.73 Å². The number of carbonyl (C=O) groups is 3. The van der Waals surface area contributed by atoms with E-state index in [1.54, 1.807) is 0 Å². The van der Waals surface area contributed by atoms with E-state index in [1.807, 2.05) is 0 Å². The van der Waals surface area contributed by atoms with Crippen LogP contribution in [0, 0.1) is 0 Å². The number of thiol groups is 1. The Morgan fingerprint density at radius 3 is 2.00 bits per heavy atom. The molecular weight excluding hydrogens is 234 g/mol. The Hall–Kier alpha value is -1.28. The summed E-state index contributed by atoms with van der Waals surface area (Å²) in [6.45, 7) is 2.45. The third-order valence-corrected chi connectivity index (χ3v) is 1.80. The van der Waals surface area contributed by atoms with Crippen LogP contribution in [-0.2, 0) is 19.1 Å². The van der Waals surface area contributed by atoms with Crippen LogP contribution in [0.3, 0.4) is 0 Å². The van der Waals surface area contributed by atoms with Gasteiger partial charge in [-0.3, -0.25) is 14.4 Å². The van der Waals surface area contributed by atoms with Crippen LogP contribution in [-0.4, -0.2) is 35.9 Å². The Bertz CT molecular complexity index is 268. The maximum absolute atomic E-state index is 11.2. The maximum Gasteiger partial charge on any atom is 0.327 e. The molecule has 2 amide bonds. The lowest BCUT2D eigenvalue weighted by atomic mass is 10.4. The normalized spacial score (nSPS) is 11.8. The third kappa shape index (κ3) is 6.25. The summed E-state index contributed by atoms with van der Waals surface area (Å²) in [6, 6.07) is -0.909. The molecule has 0 aliphatic heterocycles. The summed E-state index contributed by atoms with van der Waals surface area (Å²) in [4.78, 5) is 32.8. The molecule has 0 aliphatic rings. The smallest absolute Gasteiger partial charge is 0.327 e. The molecule has 0 heterocycles. The molecule has 0 radical (unpaired) electrons. The molecule has 4 N–H and O–H groups in total. The number of hydrogen-bond donors (Lipinski definition) is 4. The van der Waals surface area contributed by atoms with E-state index in [1.165, 1.54) is 13.8 Å². The van der Waals surface area contributed by atoms with Gasteiger partial charge in [0.15, 0.2) is 0 Å². The molecule has 0 saturated carbocycles. The van der Waals surface area contributed by atoms with Gasteiger partial charge in [-0.2, -0.15) is 12.6 Å². The van der Waals surface area contributed by atoms with Crippen molar-refractivity contribution >= 4 is 30.4 Å². The number of hydrogen-bond acceptors (Lipinski definition) is 6. The Kier molecular flexibility index (Phi) is 6.50. The minimum Gasteiger partial charge on any atom is -0.421 e. The first-order valence-corrected chi connectivity index (χ1v) is 5.11. The Morgan fingerprint density at radius 1 is 1.25 bits per heavy atom. The van der Waals surface area contributed by atoms with E-state index in [0.717, 1.165) is 0 Å². The largest absolute Gasteiger partial charge is 0.421 e. The fraction of sp³-hybridized carbons (Fsp3) is 0.625. The van der Waals surface area contributed by atoms with Gasteiger partial charge < -0.3 is 21.1 Å². The van der Waals surface area contributed by atoms with E-state index in [-0.39, 0.29) is 5.75 Å². The van der Waals surface area contributed by atoms with Crippen LogP contribution in [0.1, 0.15) is 13.8 Å². The standard InChI is InChI=1S/C8H15N3O4S/c1-4(12)10-8(11-5(2)13)15-7(14)6(9)3-16/h6,8,16H,3,9H2,1-2H3,(H,10,12)(H,11,13)/t6-/m0/s1. The molecular formula is C8H15N3O4S. The van der Waals surface area contributed by atoms with Crippen molar-refractivity contribution in [3.63, 3.8) is 0 Å². The fourth-order valence-electron chi connectivity index (χ4n) is 0.742. The topological polar surface area (TPSA) is 111 Å². The van der Waals surface area contributed by atoms with Crippen LogP contribution in [0.25, 0.3) is 0 Å². The predicted octanol–water partition coefficient (Wildman–Crippen LogP) is -1.66. The van der Waals surface area contributed by atoms with Crippen LogP contribution in [0.4, 0.5) is 0 Å². The van der Waals surface area contributed by atoms with Crippen molar-refractivity contribution in [3.05, 3.63) is 0 Å². The molecule has 0 rings (SSSR count). The van der Waals surface area contributed by atoms with Crippen LogP contribution in [0.15, 0.2) is 0 Å². The minimum absolute atomic E-state index is 0.103. The Balaban J connectivity index is 4.35. The zero-order valence-electron chi connectivity index (χ0n) is 9.02. The Labute approximate surface area is 98.5 Å². The van der Waals surface area contributed by atoms with Crippen molar-refractivity contribution in [1.29, 1.82) is 0 Å². The second kappa shape index (κ2) is 7.07. The first kappa shape index (κ1) is 14.7. The molecule has 0 aromatic rings. The summed E-state index contributed by atoms with van der Waals surface area (Å²) < 4.78 is 4.75. The first-order chi connectivity index (χ1) is 7.36. The third-order valence-electron chi connectivity index (χ3n) is 1.40. The molecule has 16 heavy (non-hydrogen) atoms. The number of nitrogens with two attached hydrogens (primary N) is 1. The zero-order valence-corrected chi connectivity index (χ0v) is 9.91. The highest BCUT2D eigenvalue weighted by molar-refractivity contribution is 7.80. The average Bonchev–Trinajstić information content (AvgIpc) is 2.14. The molecule has 0 spiro atoms. The van der Waals surface area contributed by atoms with Gasteiger partial charge in [-0.25, -0.2) is 0 Å². The molecule has 0 saturated heterocycles. The summed E-state index contributed by atoms with van der Waals surface area (Å²) in [5.41, 5.74) is 5.35. The highest BCUT2D eigenvalue weighted by Gasteiger charge is 2.20. The highest BCUT2D eigenvalue weighted by Crippen LogP contribution is 1.92. The van der Waals surface area contributed by atoms with Gasteiger partial charge in [-0.1, -0.05) is 0 Å². The van der Waals surface area contributed by atoms with Crippen molar-refractivity contribution < 1.29 is 19.1 Å². The summed E-state index contributed by atoms with van der Waals surface area (Å²) in [5.74, 6) is -1.56. The molecule has 0 aromatic carbocycles. The first-order valence-electron chi connectivity index (χ1n) is 4.48. The van der Waals surface area contributed by atoms with E-state index < -0.39 is 30.2 Å². The highest BCUT2D eigenvalue weighted by atomic mass is 32.1. The SMILES string of the molecule is CC(=O)NC(NC(C)=O)OC(=O)[C@@H](N)CS. The summed E-state index contributed by atoms with van der Waals surface area (Å²) in [5, 5.41) is 4.45. The second-order valence-corrected chi connectivity index (χ2v) is 3.37. The van der Waals surface area contributed by atoms with Crippen LogP contribution >= 0.6 is 12.6 Å². The van der Waals surface area contributed by atoms with Gasteiger partial charge in [0, 0.05) is 19.6 Å². The Morgan fingerprint density at radius 2 is 1.69 bits per heavy atom. The van der Waals surface area contributed by atoms with Crippen molar-refractivity contribution in [3.8, 4) is 0 Å². The van der Waals surface area contributed by atoms with Crippen LogP contribution in [0.2, 0.25) is 0 Å². The number of rotatable bonds is 5. The van der Waals surface area contributed by atoms with Gasteiger partial charge in [-0.15, -0.1) is 0 Å². The predicted molar refractivity (Wildman–Crippen MR) is 59.3 cm³/mol. The lowest BCUT2D eigenvalue weighted by Crippen LogP contribution is -2.51. The number of esters is 1. The van der Waals surface area contributed by atoms with Gasteiger partial charge in [0.1, 0.15) is 6.04 Å². The van der Waals surface area contributed by atoms with Gasteiger partial charge in [0.25, 0.3) is 6.35 Å². The summed E-state index contributed by atoms with van der Waals surface area (Å²) >= 11 is 3.82. The van der Waals surface area contributed by atoms with E-state index in [0.29, 0.717) is 0 Å². The summed E-state index contributed by atoms with van der Waals surface area (Å²) in [6.07, 6.45) is -1.21. The number of carbonyl (C=O) groups excluding carboxylic acids is 3. The molecule has 0 bridgehead atoms. The lowest BCUT2D eigenvalue weighted by molar-refractivity contribution is -0.156. The number of ether oxygens (including phenoxy) is 1. The monoisotopic (exact) mass is 249 g/mol. The van der Waals surface area contributed by atoms with E-state index in [2.05, 4.69) is 23.3 Å². The molecule has 0 unspecified atom stereocenters. The fourth-order valence-corrected chi connectivity index (χ4v) is 0.891. The van der Waals surface area contributed by atoms with Crippen molar-refractivity contribution in [2.45, 2.75) is 26.2 Å². The summed E-state index contributed by atoms with van der Waals surface area (Å²) in [7, 11) is 0. The van der Waals surface area contributed by atoms with Crippen LogP contribution in [0.5, 0.6) is 0 Å². The van der Waals surface area contributed by atoms with Crippen LogP contribution < -0.4 is 16.4 Å². The average molecular weight is 249 g/mol. The second-order valence-electron chi connectivity index (χ2n) is 3.01. The molecule has 92 valence electrons. The molecule has 0 aliphatic carbocycles. The van der Waals surface area contributed by atoms with Gasteiger partial charge >= 0.3 is 5.97 Å². The lowest BCUT2D eigenvalue weighted by Gasteiger charge is -2.20. The molecule has 0 fully saturated rings. The van der Waals surface area contributed by atoms with Gasteiger partial charge in [0.05, 0.1) is 0 Å². The van der Waals surface area contributed by atoms with E-state index >= 15 is 0 Å². The molecule has 1 atom stereocenters. The minimum atomic E-state index is -1.21. The molecule has 8 heteroatoms.